The minimum absolute atomic E-state index is 0.145. The van der Waals surface area contributed by atoms with E-state index in [2.05, 4.69) is 37.8 Å². The maximum absolute atomic E-state index is 11.0. The summed E-state index contributed by atoms with van der Waals surface area (Å²) in [4.78, 5) is 26.6. The molecule has 2 N–H and O–H groups in total. The molecule has 0 bridgehead atoms. The number of unbranched alkanes of at least 4 members (excludes halogenated alkanes) is 1. The highest BCUT2D eigenvalue weighted by atomic mass is 32.1. The van der Waals surface area contributed by atoms with Gasteiger partial charge < -0.3 is 14.9 Å². The van der Waals surface area contributed by atoms with Gasteiger partial charge in [-0.25, -0.2) is 4.79 Å². The van der Waals surface area contributed by atoms with Crippen LogP contribution in [0.25, 0.3) is 0 Å². The van der Waals surface area contributed by atoms with Crippen LogP contribution < -0.4 is 0 Å². The molecular formula is C24H33NO5S. The SMILES string of the molecule is CC(C)(C)c1ccc(COCCN(CCCCC(=O)O)Cc2ccc(C(=O)O)cc2)s1. The van der Waals surface area contributed by atoms with Gasteiger partial charge >= 0.3 is 11.9 Å². The van der Waals surface area contributed by atoms with Crippen molar-refractivity contribution < 1.29 is 24.5 Å². The lowest BCUT2D eigenvalue weighted by Gasteiger charge is -2.22. The van der Waals surface area contributed by atoms with Gasteiger partial charge in [0.05, 0.1) is 18.8 Å². The van der Waals surface area contributed by atoms with Gasteiger partial charge in [0.2, 0.25) is 0 Å². The molecule has 0 fully saturated rings. The first-order chi connectivity index (χ1) is 14.6. The number of carboxylic acid groups (broad SMARTS) is 2. The summed E-state index contributed by atoms with van der Waals surface area (Å²) in [6, 6.07) is 11.2. The molecule has 0 aliphatic rings. The van der Waals surface area contributed by atoms with Crippen LogP contribution in [0.4, 0.5) is 0 Å². The second-order valence-electron chi connectivity index (χ2n) is 8.70. The van der Waals surface area contributed by atoms with Crippen LogP contribution in [0.3, 0.4) is 0 Å². The smallest absolute Gasteiger partial charge is 0.335 e. The monoisotopic (exact) mass is 447 g/mol. The zero-order valence-electron chi connectivity index (χ0n) is 18.6. The van der Waals surface area contributed by atoms with Crippen LogP contribution in [0.2, 0.25) is 0 Å². The van der Waals surface area contributed by atoms with Gasteiger partial charge in [0.25, 0.3) is 0 Å². The lowest BCUT2D eigenvalue weighted by molar-refractivity contribution is -0.137. The lowest BCUT2D eigenvalue weighted by atomic mass is 9.95. The maximum Gasteiger partial charge on any atom is 0.335 e. The second-order valence-corrected chi connectivity index (χ2v) is 9.87. The number of ether oxygens (including phenoxy) is 1. The van der Waals surface area contributed by atoms with Crippen molar-refractivity contribution in [1.29, 1.82) is 0 Å². The molecule has 1 aromatic heterocycles. The fourth-order valence-corrected chi connectivity index (χ4v) is 4.12. The number of rotatable bonds is 13. The van der Waals surface area contributed by atoms with Gasteiger partial charge in [-0.1, -0.05) is 32.9 Å². The Bertz CT molecular complexity index is 838. The van der Waals surface area contributed by atoms with Crippen molar-refractivity contribution in [2.24, 2.45) is 0 Å². The molecule has 1 heterocycles. The molecule has 2 rings (SSSR count). The number of carbonyl (C=O) groups is 2. The summed E-state index contributed by atoms with van der Waals surface area (Å²) in [6.45, 7) is 9.94. The summed E-state index contributed by atoms with van der Waals surface area (Å²) in [5, 5.41) is 17.9. The summed E-state index contributed by atoms with van der Waals surface area (Å²) in [5.41, 5.74) is 1.44. The first-order valence-electron chi connectivity index (χ1n) is 10.6. The van der Waals surface area contributed by atoms with E-state index in [0.717, 1.165) is 25.1 Å². The number of carboxylic acids is 2. The highest BCUT2D eigenvalue weighted by Crippen LogP contribution is 2.29. The predicted molar refractivity (Wildman–Crippen MR) is 123 cm³/mol. The van der Waals surface area contributed by atoms with E-state index in [4.69, 9.17) is 14.9 Å². The number of thiophene rings is 1. The van der Waals surface area contributed by atoms with E-state index in [1.54, 1.807) is 23.5 Å². The molecule has 0 saturated carbocycles. The highest BCUT2D eigenvalue weighted by Gasteiger charge is 2.16. The summed E-state index contributed by atoms with van der Waals surface area (Å²) < 4.78 is 5.91. The Labute approximate surface area is 188 Å². The number of nitrogens with zero attached hydrogens (tertiary/aromatic N) is 1. The zero-order chi connectivity index (χ0) is 22.9. The van der Waals surface area contributed by atoms with E-state index in [9.17, 15) is 9.59 Å². The number of hydrogen-bond donors (Lipinski definition) is 2. The summed E-state index contributed by atoms with van der Waals surface area (Å²) >= 11 is 1.78. The Hall–Kier alpha value is -2.22. The van der Waals surface area contributed by atoms with Crippen molar-refractivity contribution in [2.45, 2.75) is 58.6 Å². The second kappa shape index (κ2) is 12.0. The standard InChI is InChI=1S/C24H33NO5S/c1-24(2,3)21-12-11-20(31-21)17-30-15-14-25(13-5-4-6-22(26)27)16-18-7-9-19(10-8-18)23(28)29/h7-12H,4-6,13-17H2,1-3H3,(H,26,27)(H,28,29). The third-order valence-electron chi connectivity index (χ3n) is 4.92. The Morgan fingerprint density at radius 1 is 1.00 bits per heavy atom. The van der Waals surface area contributed by atoms with E-state index >= 15 is 0 Å². The van der Waals surface area contributed by atoms with Crippen LogP contribution in [0.1, 0.15) is 65.7 Å². The van der Waals surface area contributed by atoms with E-state index in [-0.39, 0.29) is 17.4 Å². The van der Waals surface area contributed by atoms with Crippen LogP contribution in [-0.2, 0) is 28.1 Å². The molecule has 2 aromatic rings. The molecule has 6 nitrogen and oxygen atoms in total. The quantitative estimate of drug-likeness (QED) is 0.419. The highest BCUT2D eigenvalue weighted by molar-refractivity contribution is 7.12. The predicted octanol–water partition coefficient (Wildman–Crippen LogP) is 5.02. The van der Waals surface area contributed by atoms with Gasteiger partial charge in [-0.05, 0) is 54.6 Å². The number of aliphatic carboxylic acids is 1. The molecule has 0 saturated heterocycles. The topological polar surface area (TPSA) is 87.1 Å². The minimum atomic E-state index is -0.936. The molecule has 0 unspecified atom stereocenters. The molecule has 1 aromatic carbocycles. The third-order valence-corrected chi connectivity index (χ3v) is 6.40. The van der Waals surface area contributed by atoms with Gasteiger partial charge in [0, 0.05) is 29.3 Å². The molecule has 170 valence electrons. The van der Waals surface area contributed by atoms with Crippen LogP contribution in [0.5, 0.6) is 0 Å². The Morgan fingerprint density at radius 2 is 1.71 bits per heavy atom. The van der Waals surface area contributed by atoms with Gasteiger partial charge in [0.1, 0.15) is 0 Å². The summed E-state index contributed by atoms with van der Waals surface area (Å²) in [6.07, 6.45) is 1.60. The number of benzene rings is 1. The normalized spacial score (nSPS) is 11.7. The van der Waals surface area contributed by atoms with Crippen LogP contribution in [-0.4, -0.2) is 46.7 Å². The van der Waals surface area contributed by atoms with Gasteiger partial charge in [-0.15, -0.1) is 11.3 Å². The van der Waals surface area contributed by atoms with Crippen molar-refractivity contribution in [1.82, 2.24) is 4.90 Å². The van der Waals surface area contributed by atoms with Crippen LogP contribution in [0, 0.1) is 0 Å². The minimum Gasteiger partial charge on any atom is -0.481 e. The van der Waals surface area contributed by atoms with Crippen LogP contribution >= 0.6 is 11.3 Å². The molecule has 0 amide bonds. The van der Waals surface area contributed by atoms with Gasteiger partial charge in [0.15, 0.2) is 0 Å². The van der Waals surface area contributed by atoms with Gasteiger partial charge in [-0.2, -0.15) is 0 Å². The summed E-state index contributed by atoms with van der Waals surface area (Å²) in [7, 11) is 0. The van der Waals surface area contributed by atoms with Crippen molar-refractivity contribution in [3.05, 3.63) is 57.3 Å². The largest absolute Gasteiger partial charge is 0.481 e. The molecule has 0 radical (unpaired) electrons. The molecule has 0 aliphatic carbocycles. The molecule has 7 heteroatoms. The summed E-state index contributed by atoms with van der Waals surface area (Å²) in [5.74, 6) is -1.71. The third kappa shape index (κ3) is 9.21. The van der Waals surface area contributed by atoms with E-state index in [0.29, 0.717) is 26.2 Å². The fourth-order valence-electron chi connectivity index (χ4n) is 3.12. The first kappa shape index (κ1) is 25.0. The lowest BCUT2D eigenvalue weighted by Crippen LogP contribution is -2.28. The van der Waals surface area contributed by atoms with E-state index in [1.165, 1.54) is 9.75 Å². The van der Waals surface area contributed by atoms with Crippen molar-refractivity contribution in [2.75, 3.05) is 19.7 Å². The van der Waals surface area contributed by atoms with Gasteiger partial charge in [-0.3, -0.25) is 9.69 Å². The van der Waals surface area contributed by atoms with Crippen molar-refractivity contribution >= 4 is 23.3 Å². The van der Waals surface area contributed by atoms with E-state index < -0.39 is 11.9 Å². The maximum atomic E-state index is 11.0. The fraction of sp³-hybridized carbons (Fsp3) is 0.500. The van der Waals surface area contributed by atoms with Crippen LogP contribution in [0.15, 0.2) is 36.4 Å². The Kier molecular flexibility index (Phi) is 9.68. The van der Waals surface area contributed by atoms with E-state index in [1.807, 2.05) is 12.1 Å². The molecular weight excluding hydrogens is 414 g/mol. The molecule has 0 aliphatic heterocycles. The van der Waals surface area contributed by atoms with Crippen molar-refractivity contribution in [3.8, 4) is 0 Å². The number of hydrogen-bond acceptors (Lipinski definition) is 5. The Balaban J connectivity index is 1.86. The molecule has 0 spiro atoms. The Morgan fingerprint density at radius 3 is 2.29 bits per heavy atom. The van der Waals surface area contributed by atoms with Crippen molar-refractivity contribution in [3.63, 3.8) is 0 Å². The first-order valence-corrected chi connectivity index (χ1v) is 11.4. The average Bonchev–Trinajstić information content (AvgIpc) is 3.18. The zero-order valence-corrected chi connectivity index (χ0v) is 19.4. The number of aromatic carboxylic acids is 1. The average molecular weight is 448 g/mol. The molecule has 31 heavy (non-hydrogen) atoms. The molecule has 0 atom stereocenters.